The molecule has 2 N–H and O–H groups in total. The van der Waals surface area contributed by atoms with E-state index in [1.807, 2.05) is 16.7 Å². The van der Waals surface area contributed by atoms with Crippen LogP contribution in [-0.4, -0.2) is 26.1 Å². The number of hydrogen-bond donors (Lipinski definition) is 1. The van der Waals surface area contributed by atoms with Gasteiger partial charge in [-0.2, -0.15) is 0 Å². The normalized spacial score (nSPS) is 19.3. The van der Waals surface area contributed by atoms with Crippen LogP contribution in [0.15, 0.2) is 18.5 Å². The Balaban J connectivity index is 2.17. The van der Waals surface area contributed by atoms with Gasteiger partial charge in [0, 0.05) is 24.4 Å². The second-order valence-electron chi connectivity index (χ2n) is 4.50. The summed E-state index contributed by atoms with van der Waals surface area (Å²) in [6, 6.07) is 1.90. The van der Waals surface area contributed by atoms with E-state index in [0.29, 0.717) is 12.3 Å². The number of aromatic nitrogens is 4. The van der Waals surface area contributed by atoms with Crippen LogP contribution in [0.5, 0.6) is 0 Å². The first kappa shape index (κ1) is 9.72. The van der Waals surface area contributed by atoms with E-state index < -0.39 is 0 Å². The molecule has 1 aliphatic carbocycles. The fourth-order valence-electron chi connectivity index (χ4n) is 2.68. The van der Waals surface area contributed by atoms with Crippen LogP contribution in [0.1, 0.15) is 31.5 Å². The van der Waals surface area contributed by atoms with Crippen molar-refractivity contribution < 1.29 is 0 Å². The molecular weight excluding hydrogens is 202 g/mol. The highest BCUT2D eigenvalue weighted by Crippen LogP contribution is 2.39. The van der Waals surface area contributed by atoms with Gasteiger partial charge in [0.25, 0.3) is 5.78 Å². The molecule has 5 heteroatoms. The van der Waals surface area contributed by atoms with Crippen molar-refractivity contribution in [1.29, 1.82) is 0 Å². The summed E-state index contributed by atoms with van der Waals surface area (Å²) in [6.07, 6.45) is 8.38. The Hall–Kier alpha value is -1.49. The fraction of sp³-hybridized carbons (Fsp3) is 0.545. The zero-order valence-electron chi connectivity index (χ0n) is 9.13. The van der Waals surface area contributed by atoms with Gasteiger partial charge in [-0.25, -0.2) is 4.98 Å². The highest BCUT2D eigenvalue weighted by atomic mass is 15.3. The van der Waals surface area contributed by atoms with E-state index in [4.69, 9.17) is 5.73 Å². The monoisotopic (exact) mass is 217 g/mol. The minimum absolute atomic E-state index is 0.0163. The Morgan fingerprint density at radius 2 is 2.12 bits per heavy atom. The van der Waals surface area contributed by atoms with Gasteiger partial charge in [-0.05, 0) is 18.9 Å². The van der Waals surface area contributed by atoms with Crippen LogP contribution in [0.25, 0.3) is 5.78 Å². The van der Waals surface area contributed by atoms with Gasteiger partial charge in [-0.15, -0.1) is 10.2 Å². The Morgan fingerprint density at radius 3 is 2.88 bits per heavy atom. The molecule has 16 heavy (non-hydrogen) atoms. The van der Waals surface area contributed by atoms with Crippen molar-refractivity contribution in [3.8, 4) is 0 Å². The Labute approximate surface area is 93.7 Å². The van der Waals surface area contributed by atoms with Crippen LogP contribution in [-0.2, 0) is 5.41 Å². The molecule has 0 spiro atoms. The van der Waals surface area contributed by atoms with Crippen molar-refractivity contribution in [2.24, 2.45) is 5.73 Å². The van der Waals surface area contributed by atoms with Crippen LogP contribution in [0, 0.1) is 0 Å². The predicted molar refractivity (Wildman–Crippen MR) is 60.0 cm³/mol. The number of nitrogens with zero attached hydrogens (tertiary/aromatic N) is 4. The van der Waals surface area contributed by atoms with Gasteiger partial charge in [-0.3, -0.25) is 4.40 Å². The molecule has 0 amide bonds. The van der Waals surface area contributed by atoms with Gasteiger partial charge in [0.2, 0.25) is 0 Å². The van der Waals surface area contributed by atoms with E-state index in [-0.39, 0.29) is 5.41 Å². The molecule has 0 radical (unpaired) electrons. The average molecular weight is 217 g/mol. The highest BCUT2D eigenvalue weighted by Gasteiger charge is 2.38. The van der Waals surface area contributed by atoms with Crippen LogP contribution in [0.2, 0.25) is 0 Å². The van der Waals surface area contributed by atoms with E-state index in [2.05, 4.69) is 15.2 Å². The summed E-state index contributed by atoms with van der Waals surface area (Å²) in [5.41, 5.74) is 5.97. The zero-order valence-corrected chi connectivity index (χ0v) is 9.13. The first-order chi connectivity index (χ1) is 7.86. The first-order valence-electron chi connectivity index (χ1n) is 5.72. The summed E-state index contributed by atoms with van der Waals surface area (Å²) in [6.45, 7) is 0.642. The van der Waals surface area contributed by atoms with Crippen LogP contribution >= 0.6 is 0 Å². The molecular formula is C11H15N5. The molecule has 1 aliphatic rings. The number of rotatable bonds is 2. The molecule has 2 aromatic heterocycles. The lowest BCUT2D eigenvalue weighted by Crippen LogP contribution is -2.34. The average Bonchev–Trinajstić information content (AvgIpc) is 2.96. The molecule has 3 rings (SSSR count). The minimum atomic E-state index is 0.0163. The van der Waals surface area contributed by atoms with Crippen molar-refractivity contribution in [1.82, 2.24) is 19.6 Å². The summed E-state index contributed by atoms with van der Waals surface area (Å²) in [5.74, 6) is 1.65. The van der Waals surface area contributed by atoms with E-state index >= 15 is 0 Å². The van der Waals surface area contributed by atoms with Crippen molar-refractivity contribution in [2.75, 3.05) is 6.54 Å². The van der Waals surface area contributed by atoms with E-state index in [1.54, 1.807) is 6.20 Å². The molecule has 1 fully saturated rings. The van der Waals surface area contributed by atoms with Crippen molar-refractivity contribution in [2.45, 2.75) is 31.1 Å². The highest BCUT2D eigenvalue weighted by molar-refractivity contribution is 5.30. The van der Waals surface area contributed by atoms with Crippen LogP contribution < -0.4 is 5.73 Å². The summed E-state index contributed by atoms with van der Waals surface area (Å²) >= 11 is 0. The zero-order chi connectivity index (χ0) is 11.0. The Bertz CT molecular complexity index is 498. The Kier molecular flexibility index (Phi) is 2.14. The predicted octanol–water partition coefficient (Wildman–Crippen LogP) is 0.895. The first-order valence-corrected chi connectivity index (χ1v) is 5.72. The number of hydrogen-bond acceptors (Lipinski definition) is 4. The standard InChI is InChI=1S/C11H15N5/c12-8-11(4-1-2-5-11)9-14-15-10-13-6-3-7-16(9)10/h3,6-7H,1-2,4-5,8,12H2. The molecule has 84 valence electrons. The van der Waals surface area contributed by atoms with Crippen molar-refractivity contribution >= 4 is 5.78 Å². The van der Waals surface area contributed by atoms with Crippen LogP contribution in [0.3, 0.4) is 0 Å². The molecule has 0 aliphatic heterocycles. The lowest BCUT2D eigenvalue weighted by Gasteiger charge is -2.24. The molecule has 0 unspecified atom stereocenters. The van der Waals surface area contributed by atoms with E-state index in [0.717, 1.165) is 18.7 Å². The van der Waals surface area contributed by atoms with Gasteiger partial charge >= 0.3 is 0 Å². The quantitative estimate of drug-likeness (QED) is 0.811. The third-order valence-electron chi connectivity index (χ3n) is 3.61. The third kappa shape index (κ3) is 1.24. The van der Waals surface area contributed by atoms with Gasteiger partial charge in [0.15, 0.2) is 0 Å². The summed E-state index contributed by atoms with van der Waals surface area (Å²) < 4.78 is 1.97. The second-order valence-corrected chi connectivity index (χ2v) is 4.50. The largest absolute Gasteiger partial charge is 0.329 e. The van der Waals surface area contributed by atoms with E-state index in [1.165, 1.54) is 12.8 Å². The lowest BCUT2D eigenvalue weighted by atomic mass is 9.85. The molecule has 2 aromatic rings. The van der Waals surface area contributed by atoms with Gasteiger partial charge in [-0.1, -0.05) is 12.8 Å². The smallest absolute Gasteiger partial charge is 0.254 e. The van der Waals surface area contributed by atoms with Gasteiger partial charge < -0.3 is 5.73 Å². The van der Waals surface area contributed by atoms with Gasteiger partial charge in [0.05, 0.1) is 0 Å². The molecule has 0 aromatic carbocycles. The summed E-state index contributed by atoms with van der Waals surface area (Å²) in [7, 11) is 0. The maximum atomic E-state index is 5.95. The fourth-order valence-corrected chi connectivity index (χ4v) is 2.68. The van der Waals surface area contributed by atoms with Crippen molar-refractivity contribution in [3.05, 3.63) is 24.3 Å². The maximum Gasteiger partial charge on any atom is 0.254 e. The lowest BCUT2D eigenvalue weighted by molar-refractivity contribution is 0.420. The summed E-state index contributed by atoms with van der Waals surface area (Å²) in [5, 5.41) is 8.39. The minimum Gasteiger partial charge on any atom is -0.329 e. The maximum absolute atomic E-state index is 5.95. The third-order valence-corrected chi connectivity index (χ3v) is 3.61. The topological polar surface area (TPSA) is 69.1 Å². The van der Waals surface area contributed by atoms with E-state index in [9.17, 15) is 0 Å². The van der Waals surface area contributed by atoms with Crippen molar-refractivity contribution in [3.63, 3.8) is 0 Å². The molecule has 0 bridgehead atoms. The molecule has 5 nitrogen and oxygen atoms in total. The second kappa shape index (κ2) is 3.52. The van der Waals surface area contributed by atoms with Crippen LogP contribution in [0.4, 0.5) is 0 Å². The summed E-state index contributed by atoms with van der Waals surface area (Å²) in [4.78, 5) is 4.19. The Morgan fingerprint density at radius 1 is 1.31 bits per heavy atom. The number of nitrogens with two attached hydrogens (primary N) is 1. The molecule has 2 heterocycles. The number of fused-ring (bicyclic) bond motifs is 1. The molecule has 0 saturated heterocycles. The molecule has 0 atom stereocenters. The molecule has 1 saturated carbocycles. The van der Waals surface area contributed by atoms with Gasteiger partial charge in [0.1, 0.15) is 5.82 Å². The SMILES string of the molecule is NCC1(c2nnc3ncccn23)CCCC1.